The van der Waals surface area contributed by atoms with E-state index >= 15 is 0 Å². The highest BCUT2D eigenvalue weighted by molar-refractivity contribution is 6.35. The molecule has 100 valence electrons. The largest absolute Gasteiger partial charge is 0.496 e. The first-order chi connectivity index (χ1) is 9.02. The highest BCUT2D eigenvalue weighted by Crippen LogP contribution is 2.39. The van der Waals surface area contributed by atoms with Gasteiger partial charge in [0.05, 0.1) is 7.11 Å². The molecule has 0 aliphatic heterocycles. The first-order valence-electron chi connectivity index (χ1n) is 5.44. The number of hydrogen-bond donors (Lipinski definition) is 0. The minimum absolute atomic E-state index is 0.113. The number of alkyl halides is 2. The molecule has 2 rings (SSSR count). The lowest BCUT2D eigenvalue weighted by Gasteiger charge is -2.14. The number of rotatable bonds is 3. The topological polar surface area (TPSA) is 9.23 Å². The van der Waals surface area contributed by atoms with Crippen LogP contribution in [0.3, 0.4) is 0 Å². The molecule has 0 amide bonds. The van der Waals surface area contributed by atoms with Crippen LogP contribution in [-0.2, 0) is 0 Å². The van der Waals surface area contributed by atoms with Gasteiger partial charge in [-0.1, -0.05) is 35.3 Å². The van der Waals surface area contributed by atoms with Crippen molar-refractivity contribution in [3.63, 3.8) is 0 Å². The van der Waals surface area contributed by atoms with Crippen LogP contribution < -0.4 is 4.74 Å². The summed E-state index contributed by atoms with van der Waals surface area (Å²) in [7, 11) is 1.43. The summed E-state index contributed by atoms with van der Waals surface area (Å²) in [6.07, 6.45) is -2.61. The molecule has 5 heteroatoms. The Labute approximate surface area is 119 Å². The average molecular weight is 303 g/mol. The van der Waals surface area contributed by atoms with Gasteiger partial charge in [-0.25, -0.2) is 8.78 Å². The van der Waals surface area contributed by atoms with E-state index in [0.717, 1.165) is 0 Å². The zero-order chi connectivity index (χ0) is 14.0. The van der Waals surface area contributed by atoms with Crippen LogP contribution in [-0.4, -0.2) is 7.11 Å². The second kappa shape index (κ2) is 5.76. The van der Waals surface area contributed by atoms with Crippen LogP contribution in [0.15, 0.2) is 36.4 Å². The summed E-state index contributed by atoms with van der Waals surface area (Å²) in [5.41, 5.74) is 0.701. The van der Waals surface area contributed by atoms with Crippen molar-refractivity contribution in [3.8, 4) is 16.9 Å². The van der Waals surface area contributed by atoms with Gasteiger partial charge in [0, 0.05) is 21.2 Å². The lowest BCUT2D eigenvalue weighted by molar-refractivity contribution is 0.151. The molecule has 0 aliphatic rings. The van der Waals surface area contributed by atoms with Gasteiger partial charge in [0.15, 0.2) is 0 Å². The van der Waals surface area contributed by atoms with E-state index < -0.39 is 6.43 Å². The molecule has 2 aromatic rings. The Kier molecular flexibility index (Phi) is 4.27. The number of halogens is 4. The molecule has 0 aromatic heterocycles. The van der Waals surface area contributed by atoms with E-state index in [4.69, 9.17) is 27.9 Å². The maximum absolute atomic E-state index is 13.1. The van der Waals surface area contributed by atoms with Crippen LogP contribution in [0.1, 0.15) is 12.0 Å². The fourth-order valence-corrected chi connectivity index (χ4v) is 2.43. The molecule has 0 fully saturated rings. The third-order valence-corrected chi connectivity index (χ3v) is 3.10. The second-order valence-corrected chi connectivity index (χ2v) is 4.76. The quantitative estimate of drug-likeness (QED) is 0.716. The molecule has 0 spiro atoms. The van der Waals surface area contributed by atoms with Gasteiger partial charge in [0.1, 0.15) is 5.75 Å². The summed E-state index contributed by atoms with van der Waals surface area (Å²) >= 11 is 11.8. The Morgan fingerprint density at radius 2 is 1.68 bits per heavy atom. The molecule has 2 aromatic carbocycles. The molecule has 0 heterocycles. The summed E-state index contributed by atoms with van der Waals surface area (Å²) in [6, 6.07) is 9.21. The highest BCUT2D eigenvalue weighted by Gasteiger charge is 2.18. The zero-order valence-electron chi connectivity index (χ0n) is 9.96. The monoisotopic (exact) mass is 302 g/mol. The Balaban J connectivity index is 2.71. The Morgan fingerprint density at radius 3 is 2.21 bits per heavy atom. The maximum atomic E-state index is 13.1. The predicted molar refractivity (Wildman–Crippen MR) is 73.4 cm³/mol. The van der Waals surface area contributed by atoms with E-state index in [0.29, 0.717) is 26.9 Å². The first-order valence-corrected chi connectivity index (χ1v) is 6.20. The molecule has 0 N–H and O–H groups in total. The molecule has 1 nitrogen and oxygen atoms in total. The summed E-state index contributed by atoms with van der Waals surface area (Å²) in [5, 5.41) is 0.766. The molecular formula is C14H10Cl2F2O. The number of methoxy groups -OCH3 is 1. The Hall–Kier alpha value is -1.32. The van der Waals surface area contributed by atoms with E-state index in [2.05, 4.69) is 0 Å². The van der Waals surface area contributed by atoms with Gasteiger partial charge in [0.2, 0.25) is 0 Å². The van der Waals surface area contributed by atoms with Gasteiger partial charge in [-0.05, 0) is 29.8 Å². The van der Waals surface area contributed by atoms with Crippen LogP contribution in [0, 0.1) is 0 Å². The fourth-order valence-electron chi connectivity index (χ4n) is 1.91. The Bertz CT molecular complexity index is 580. The normalized spacial score (nSPS) is 10.8. The Morgan fingerprint density at radius 1 is 1.05 bits per heavy atom. The molecule has 0 atom stereocenters. The summed E-state index contributed by atoms with van der Waals surface area (Å²) in [6.45, 7) is 0. The minimum Gasteiger partial charge on any atom is -0.496 e. The van der Waals surface area contributed by atoms with E-state index in [1.54, 1.807) is 24.3 Å². The molecule has 0 bridgehead atoms. The van der Waals surface area contributed by atoms with Crippen molar-refractivity contribution in [2.75, 3.05) is 7.11 Å². The standard InChI is InChI=1S/C14H10Cl2F2O/c1-19-12-4-2-3-11(14(17)18)13(12)8-5-9(15)7-10(16)6-8/h2-7,14H,1H3. The molecule has 0 radical (unpaired) electrons. The van der Waals surface area contributed by atoms with Crippen LogP contribution >= 0.6 is 23.2 Å². The van der Waals surface area contributed by atoms with E-state index in [1.807, 2.05) is 0 Å². The van der Waals surface area contributed by atoms with Crippen LogP contribution in [0.4, 0.5) is 8.78 Å². The molecule has 19 heavy (non-hydrogen) atoms. The zero-order valence-corrected chi connectivity index (χ0v) is 11.5. The van der Waals surface area contributed by atoms with E-state index in [-0.39, 0.29) is 5.56 Å². The van der Waals surface area contributed by atoms with Gasteiger partial charge in [-0.3, -0.25) is 0 Å². The van der Waals surface area contributed by atoms with Crippen molar-refractivity contribution in [1.82, 2.24) is 0 Å². The smallest absolute Gasteiger partial charge is 0.264 e. The predicted octanol–water partition coefficient (Wildman–Crippen LogP) is 5.61. The van der Waals surface area contributed by atoms with Crippen LogP contribution in [0.2, 0.25) is 10.0 Å². The van der Waals surface area contributed by atoms with Crippen molar-refractivity contribution >= 4 is 23.2 Å². The summed E-state index contributed by atoms with van der Waals surface area (Å²) < 4.78 is 31.4. The van der Waals surface area contributed by atoms with E-state index in [9.17, 15) is 8.78 Å². The highest BCUT2D eigenvalue weighted by atomic mass is 35.5. The fraction of sp³-hybridized carbons (Fsp3) is 0.143. The molecule has 0 saturated heterocycles. The molecular weight excluding hydrogens is 293 g/mol. The van der Waals surface area contributed by atoms with Crippen molar-refractivity contribution < 1.29 is 13.5 Å². The molecule has 0 saturated carbocycles. The van der Waals surface area contributed by atoms with Gasteiger partial charge in [0.25, 0.3) is 6.43 Å². The SMILES string of the molecule is COc1cccc(C(F)F)c1-c1cc(Cl)cc(Cl)c1. The summed E-state index contributed by atoms with van der Waals surface area (Å²) in [5.74, 6) is 0.358. The molecule has 0 unspecified atom stereocenters. The maximum Gasteiger partial charge on any atom is 0.264 e. The third kappa shape index (κ3) is 2.99. The van der Waals surface area contributed by atoms with Gasteiger partial charge in [-0.2, -0.15) is 0 Å². The number of hydrogen-bond acceptors (Lipinski definition) is 1. The number of ether oxygens (including phenoxy) is 1. The van der Waals surface area contributed by atoms with E-state index in [1.165, 1.54) is 19.2 Å². The second-order valence-electron chi connectivity index (χ2n) is 3.88. The van der Waals surface area contributed by atoms with Gasteiger partial charge >= 0.3 is 0 Å². The van der Waals surface area contributed by atoms with Crippen molar-refractivity contribution in [2.24, 2.45) is 0 Å². The average Bonchev–Trinajstić information content (AvgIpc) is 2.36. The summed E-state index contributed by atoms with van der Waals surface area (Å²) in [4.78, 5) is 0. The van der Waals surface area contributed by atoms with Crippen molar-refractivity contribution in [1.29, 1.82) is 0 Å². The molecule has 0 aliphatic carbocycles. The minimum atomic E-state index is -2.61. The first kappa shape index (κ1) is 14.1. The van der Waals surface area contributed by atoms with Gasteiger partial charge < -0.3 is 4.74 Å². The van der Waals surface area contributed by atoms with Crippen molar-refractivity contribution in [3.05, 3.63) is 52.0 Å². The third-order valence-electron chi connectivity index (χ3n) is 2.66. The number of benzene rings is 2. The van der Waals surface area contributed by atoms with Gasteiger partial charge in [-0.15, -0.1) is 0 Å². The lowest BCUT2D eigenvalue weighted by atomic mass is 9.98. The van der Waals surface area contributed by atoms with Crippen LogP contribution in [0.25, 0.3) is 11.1 Å². The lowest BCUT2D eigenvalue weighted by Crippen LogP contribution is -1.95. The van der Waals surface area contributed by atoms with Crippen molar-refractivity contribution in [2.45, 2.75) is 6.43 Å². The van der Waals surface area contributed by atoms with Crippen LogP contribution in [0.5, 0.6) is 5.75 Å².